The van der Waals surface area contributed by atoms with Crippen molar-refractivity contribution in [3.05, 3.63) is 81.0 Å². The standard InChI is InChI=1S/C25H24ClN3O3S/c26-19-7-5-17(6-8-19)21(28-11-9-23-18(14-28)10-12-33-23)13-27-24(30)15-29-20-3-1-2-4-22(20)32-16-25(29)31/h1-8,10,12,21H,9,11,13-16H2,(H,27,30). The largest absolute Gasteiger partial charge is 0.482 e. The van der Waals surface area contributed by atoms with Gasteiger partial charge in [0.05, 0.1) is 11.7 Å². The maximum atomic E-state index is 12.9. The molecule has 0 radical (unpaired) electrons. The molecule has 3 aromatic rings. The van der Waals surface area contributed by atoms with Crippen LogP contribution in [0.4, 0.5) is 5.69 Å². The molecule has 8 heteroatoms. The number of carbonyl (C=O) groups excluding carboxylic acids is 2. The smallest absolute Gasteiger partial charge is 0.265 e. The number of rotatable bonds is 6. The van der Waals surface area contributed by atoms with Gasteiger partial charge in [0.1, 0.15) is 12.3 Å². The van der Waals surface area contributed by atoms with Crippen molar-refractivity contribution in [3.63, 3.8) is 0 Å². The minimum absolute atomic E-state index is 0.00643. The maximum Gasteiger partial charge on any atom is 0.265 e. The van der Waals surface area contributed by atoms with E-state index >= 15 is 0 Å². The Kier molecular flexibility index (Phi) is 6.35. The fourth-order valence-electron chi connectivity index (χ4n) is 4.42. The number of fused-ring (bicyclic) bond motifs is 2. The molecule has 170 valence electrons. The average Bonchev–Trinajstić information content (AvgIpc) is 3.30. The van der Waals surface area contributed by atoms with Crippen LogP contribution in [0.5, 0.6) is 5.75 Å². The molecule has 2 aliphatic rings. The van der Waals surface area contributed by atoms with E-state index < -0.39 is 0 Å². The molecule has 2 aliphatic heterocycles. The van der Waals surface area contributed by atoms with Crippen LogP contribution < -0.4 is 15.0 Å². The minimum atomic E-state index is -0.223. The van der Waals surface area contributed by atoms with Gasteiger partial charge in [0.15, 0.2) is 6.61 Å². The molecule has 2 amide bonds. The van der Waals surface area contributed by atoms with E-state index in [0.717, 1.165) is 25.1 Å². The third kappa shape index (κ3) is 4.76. The van der Waals surface area contributed by atoms with Gasteiger partial charge in [0.2, 0.25) is 5.91 Å². The summed E-state index contributed by atoms with van der Waals surface area (Å²) in [6.07, 6.45) is 1.00. The van der Waals surface area contributed by atoms with Gasteiger partial charge in [-0.25, -0.2) is 0 Å². The number of amides is 2. The van der Waals surface area contributed by atoms with Crippen LogP contribution in [0.15, 0.2) is 60.0 Å². The van der Waals surface area contributed by atoms with E-state index in [0.29, 0.717) is 23.0 Å². The molecular formula is C25H24ClN3O3S. The van der Waals surface area contributed by atoms with E-state index in [1.54, 1.807) is 12.1 Å². The molecule has 1 N–H and O–H groups in total. The van der Waals surface area contributed by atoms with Crippen LogP contribution in [0.2, 0.25) is 5.02 Å². The number of hydrogen-bond donors (Lipinski definition) is 1. The molecule has 0 saturated heterocycles. The molecule has 1 unspecified atom stereocenters. The molecule has 3 heterocycles. The summed E-state index contributed by atoms with van der Waals surface area (Å²) in [4.78, 5) is 30.7. The minimum Gasteiger partial charge on any atom is -0.482 e. The Morgan fingerprint density at radius 2 is 1.97 bits per heavy atom. The van der Waals surface area contributed by atoms with Crippen molar-refractivity contribution in [3.8, 4) is 5.75 Å². The van der Waals surface area contributed by atoms with Crippen molar-refractivity contribution in [1.29, 1.82) is 0 Å². The van der Waals surface area contributed by atoms with Crippen LogP contribution >= 0.6 is 22.9 Å². The second-order valence-corrected chi connectivity index (χ2v) is 9.63. The second-order valence-electron chi connectivity index (χ2n) is 8.20. The third-order valence-corrected chi connectivity index (χ3v) is 7.41. The summed E-state index contributed by atoms with van der Waals surface area (Å²) in [5.74, 6) is 0.190. The lowest BCUT2D eigenvalue weighted by Crippen LogP contribution is -2.47. The Hall–Kier alpha value is -2.87. The number of benzene rings is 2. The third-order valence-electron chi connectivity index (χ3n) is 6.14. The van der Waals surface area contributed by atoms with E-state index in [9.17, 15) is 9.59 Å². The first kappa shape index (κ1) is 21.9. The Morgan fingerprint density at radius 1 is 1.15 bits per heavy atom. The zero-order valence-electron chi connectivity index (χ0n) is 18.0. The van der Waals surface area contributed by atoms with Gasteiger partial charge in [0.25, 0.3) is 5.91 Å². The van der Waals surface area contributed by atoms with Gasteiger partial charge in [0, 0.05) is 29.5 Å². The number of ether oxygens (including phenoxy) is 1. The lowest BCUT2D eigenvalue weighted by molar-refractivity contribution is -0.125. The number of halogens is 1. The first-order chi connectivity index (χ1) is 16.1. The first-order valence-electron chi connectivity index (χ1n) is 10.9. The van der Waals surface area contributed by atoms with Crippen LogP contribution in [0.3, 0.4) is 0 Å². The Morgan fingerprint density at radius 3 is 2.82 bits per heavy atom. The number of anilines is 1. The second kappa shape index (κ2) is 9.55. The Balaban J connectivity index is 1.30. The average molecular weight is 482 g/mol. The van der Waals surface area contributed by atoms with E-state index in [2.05, 4.69) is 21.7 Å². The Labute approximate surface area is 201 Å². The van der Waals surface area contributed by atoms with Crippen LogP contribution in [0.25, 0.3) is 0 Å². The van der Waals surface area contributed by atoms with E-state index in [1.807, 2.05) is 47.7 Å². The monoisotopic (exact) mass is 481 g/mol. The summed E-state index contributed by atoms with van der Waals surface area (Å²) >= 11 is 7.92. The van der Waals surface area contributed by atoms with Crippen molar-refractivity contribution in [2.24, 2.45) is 0 Å². The van der Waals surface area contributed by atoms with Crippen molar-refractivity contribution >= 4 is 40.4 Å². The highest BCUT2D eigenvalue weighted by atomic mass is 35.5. The molecule has 1 atom stereocenters. The molecule has 0 saturated carbocycles. The van der Waals surface area contributed by atoms with Crippen LogP contribution in [-0.4, -0.2) is 43.0 Å². The van der Waals surface area contributed by atoms with Crippen molar-refractivity contribution < 1.29 is 14.3 Å². The lowest BCUT2D eigenvalue weighted by Gasteiger charge is -2.35. The zero-order chi connectivity index (χ0) is 22.8. The summed E-state index contributed by atoms with van der Waals surface area (Å²) in [6.45, 7) is 2.11. The molecule has 0 bridgehead atoms. The highest BCUT2D eigenvalue weighted by Crippen LogP contribution is 2.32. The number of carbonyl (C=O) groups is 2. The van der Waals surface area contributed by atoms with Gasteiger partial charge in [-0.05, 0) is 53.3 Å². The molecule has 0 spiro atoms. The molecule has 0 aliphatic carbocycles. The van der Waals surface area contributed by atoms with Gasteiger partial charge in [-0.1, -0.05) is 35.9 Å². The number of nitrogens with one attached hydrogen (secondary N) is 1. The van der Waals surface area contributed by atoms with Gasteiger partial charge >= 0.3 is 0 Å². The normalized spacial score (nSPS) is 16.5. The Bertz CT molecular complexity index is 1160. The van der Waals surface area contributed by atoms with Crippen molar-refractivity contribution in [1.82, 2.24) is 10.2 Å². The summed E-state index contributed by atoms with van der Waals surface area (Å²) in [5.41, 5.74) is 3.08. The summed E-state index contributed by atoms with van der Waals surface area (Å²) in [6, 6.07) is 17.3. The first-order valence-corrected chi connectivity index (χ1v) is 12.2. The molecule has 6 nitrogen and oxygen atoms in total. The topological polar surface area (TPSA) is 61.9 Å². The summed E-state index contributed by atoms with van der Waals surface area (Å²) < 4.78 is 5.48. The van der Waals surface area contributed by atoms with Crippen LogP contribution in [-0.2, 0) is 22.6 Å². The van der Waals surface area contributed by atoms with Crippen LogP contribution in [0, 0.1) is 0 Å². The van der Waals surface area contributed by atoms with Gasteiger partial charge < -0.3 is 10.1 Å². The molecule has 33 heavy (non-hydrogen) atoms. The highest BCUT2D eigenvalue weighted by Gasteiger charge is 2.29. The fourth-order valence-corrected chi connectivity index (χ4v) is 5.43. The highest BCUT2D eigenvalue weighted by molar-refractivity contribution is 7.10. The maximum absolute atomic E-state index is 12.9. The van der Waals surface area contributed by atoms with Crippen molar-refractivity contribution in [2.75, 3.05) is 31.1 Å². The van der Waals surface area contributed by atoms with Crippen LogP contribution in [0.1, 0.15) is 22.0 Å². The zero-order valence-corrected chi connectivity index (χ0v) is 19.6. The molecule has 5 rings (SSSR count). The van der Waals surface area contributed by atoms with E-state index in [-0.39, 0.29) is 31.0 Å². The number of hydrogen-bond acceptors (Lipinski definition) is 5. The quantitative estimate of drug-likeness (QED) is 0.577. The summed E-state index contributed by atoms with van der Waals surface area (Å²) in [5, 5.41) is 5.89. The summed E-state index contributed by atoms with van der Waals surface area (Å²) in [7, 11) is 0. The molecule has 1 aromatic heterocycles. The number of para-hydroxylation sites is 2. The van der Waals surface area contributed by atoms with E-state index in [1.165, 1.54) is 15.3 Å². The number of nitrogens with zero attached hydrogens (tertiary/aromatic N) is 2. The fraction of sp³-hybridized carbons (Fsp3) is 0.280. The van der Waals surface area contributed by atoms with Gasteiger partial charge in [-0.2, -0.15) is 0 Å². The van der Waals surface area contributed by atoms with Gasteiger partial charge in [-0.3, -0.25) is 19.4 Å². The molecular weight excluding hydrogens is 458 g/mol. The predicted molar refractivity (Wildman–Crippen MR) is 130 cm³/mol. The SMILES string of the molecule is O=C(CN1C(=O)COc2ccccc21)NCC(c1ccc(Cl)cc1)N1CCc2sccc2C1. The predicted octanol–water partition coefficient (Wildman–Crippen LogP) is 4.04. The lowest BCUT2D eigenvalue weighted by atomic mass is 10.0. The molecule has 0 fully saturated rings. The van der Waals surface area contributed by atoms with E-state index in [4.69, 9.17) is 16.3 Å². The molecule has 2 aromatic carbocycles. The van der Waals surface area contributed by atoms with Gasteiger partial charge in [-0.15, -0.1) is 11.3 Å². The number of thiophene rings is 1. The van der Waals surface area contributed by atoms with Crippen molar-refractivity contribution in [2.45, 2.75) is 19.0 Å².